The molecule has 6 heteroatoms. The van der Waals surface area contributed by atoms with Crippen molar-refractivity contribution >= 4 is 17.8 Å². The molecule has 0 aliphatic heterocycles. The molecule has 3 rings (SSSR count). The fourth-order valence-corrected chi connectivity index (χ4v) is 2.73. The summed E-state index contributed by atoms with van der Waals surface area (Å²) in [5.41, 5.74) is 0.867. The van der Waals surface area contributed by atoms with Crippen LogP contribution in [0.4, 0.5) is 4.39 Å². The smallest absolute Gasteiger partial charge is 0.346 e. The Morgan fingerprint density at radius 2 is 1.63 bits per heavy atom. The van der Waals surface area contributed by atoms with Crippen LogP contribution in [-0.2, 0) is 0 Å². The number of hydrogen-bond donors (Lipinski definition) is 0. The summed E-state index contributed by atoms with van der Waals surface area (Å²) in [5.74, 6) is -0.498. The molecule has 3 aromatic rings. The minimum atomic E-state index is -0.798. The van der Waals surface area contributed by atoms with Gasteiger partial charge in [-0.05, 0) is 48.0 Å². The van der Waals surface area contributed by atoms with Crippen molar-refractivity contribution in [2.45, 2.75) is 0 Å². The van der Waals surface area contributed by atoms with E-state index in [0.29, 0.717) is 22.6 Å². The zero-order chi connectivity index (χ0) is 21.5. The number of ketones is 1. The Kier molecular flexibility index (Phi) is 6.60. The first-order valence-electron chi connectivity index (χ1n) is 9.03. The Balaban J connectivity index is 1.75. The van der Waals surface area contributed by atoms with E-state index in [1.54, 1.807) is 54.6 Å². The van der Waals surface area contributed by atoms with Crippen LogP contribution in [0.15, 0.2) is 72.8 Å². The zero-order valence-electron chi connectivity index (χ0n) is 16.4. The van der Waals surface area contributed by atoms with Gasteiger partial charge < -0.3 is 14.2 Å². The molecular formula is C24H19FO5. The van der Waals surface area contributed by atoms with Gasteiger partial charge in [0.25, 0.3) is 0 Å². The molecule has 0 aromatic heterocycles. The predicted molar refractivity (Wildman–Crippen MR) is 111 cm³/mol. The van der Waals surface area contributed by atoms with Gasteiger partial charge in [0, 0.05) is 6.07 Å². The van der Waals surface area contributed by atoms with Crippen LogP contribution in [0.25, 0.3) is 6.08 Å². The minimum Gasteiger partial charge on any atom is -0.497 e. The summed E-state index contributed by atoms with van der Waals surface area (Å²) in [7, 11) is 3.00. The average Bonchev–Trinajstić information content (AvgIpc) is 2.77. The molecule has 30 heavy (non-hydrogen) atoms. The van der Waals surface area contributed by atoms with Crippen molar-refractivity contribution in [3.05, 3.63) is 95.3 Å². The van der Waals surface area contributed by atoms with Gasteiger partial charge in [0.1, 0.15) is 23.1 Å². The van der Waals surface area contributed by atoms with E-state index in [4.69, 9.17) is 14.2 Å². The first-order chi connectivity index (χ1) is 14.5. The number of halogens is 1. The number of methoxy groups -OCH3 is 2. The van der Waals surface area contributed by atoms with Gasteiger partial charge in [0.2, 0.25) is 0 Å². The molecule has 0 N–H and O–H groups in total. The normalized spacial score (nSPS) is 10.6. The van der Waals surface area contributed by atoms with Crippen molar-refractivity contribution in [2.75, 3.05) is 14.2 Å². The van der Waals surface area contributed by atoms with Gasteiger partial charge in [-0.2, -0.15) is 0 Å². The number of carbonyl (C=O) groups is 2. The lowest BCUT2D eigenvalue weighted by Gasteiger charge is -2.08. The van der Waals surface area contributed by atoms with Crippen molar-refractivity contribution in [1.29, 1.82) is 0 Å². The van der Waals surface area contributed by atoms with Crippen LogP contribution in [0.1, 0.15) is 26.3 Å². The third kappa shape index (κ3) is 4.91. The van der Waals surface area contributed by atoms with Gasteiger partial charge in [-0.1, -0.05) is 30.3 Å². The molecule has 0 radical (unpaired) electrons. The van der Waals surface area contributed by atoms with Crippen LogP contribution in [0.5, 0.6) is 17.2 Å². The third-order valence-electron chi connectivity index (χ3n) is 4.26. The maximum Gasteiger partial charge on any atom is 0.346 e. The number of hydrogen-bond acceptors (Lipinski definition) is 5. The van der Waals surface area contributed by atoms with Crippen molar-refractivity contribution in [3.8, 4) is 17.2 Å². The molecule has 3 aromatic carbocycles. The minimum absolute atomic E-state index is 0.153. The van der Waals surface area contributed by atoms with E-state index in [1.807, 2.05) is 0 Å². The van der Waals surface area contributed by atoms with Crippen LogP contribution >= 0.6 is 0 Å². The molecule has 0 spiro atoms. The summed E-state index contributed by atoms with van der Waals surface area (Å²) in [6, 6.07) is 17.1. The highest BCUT2D eigenvalue weighted by atomic mass is 19.1. The summed E-state index contributed by atoms with van der Waals surface area (Å²) in [4.78, 5) is 24.7. The molecule has 0 fully saturated rings. The summed E-state index contributed by atoms with van der Waals surface area (Å²) in [6.07, 6.45) is 2.98. The monoisotopic (exact) mass is 406 g/mol. The topological polar surface area (TPSA) is 61.8 Å². The molecule has 0 unspecified atom stereocenters. The Morgan fingerprint density at radius 3 is 2.37 bits per heavy atom. The van der Waals surface area contributed by atoms with Gasteiger partial charge in [0.15, 0.2) is 5.78 Å². The van der Waals surface area contributed by atoms with E-state index in [9.17, 15) is 14.0 Å². The lowest BCUT2D eigenvalue weighted by molar-refractivity contribution is 0.0729. The highest BCUT2D eigenvalue weighted by Crippen LogP contribution is 2.25. The molecule has 5 nitrogen and oxygen atoms in total. The Hall–Kier alpha value is -3.93. The van der Waals surface area contributed by atoms with Crippen LogP contribution in [0.3, 0.4) is 0 Å². The van der Waals surface area contributed by atoms with E-state index < -0.39 is 11.8 Å². The largest absolute Gasteiger partial charge is 0.497 e. The SMILES string of the molecule is COc1ccc(C(=O)/C=C/c2cccc(OC(=O)c3ccccc3F)c2)c(OC)c1. The molecule has 0 aliphatic rings. The molecular weight excluding hydrogens is 387 g/mol. The van der Waals surface area contributed by atoms with Crippen molar-refractivity contribution in [1.82, 2.24) is 0 Å². The quantitative estimate of drug-likeness (QED) is 0.240. The van der Waals surface area contributed by atoms with Gasteiger partial charge in [-0.3, -0.25) is 4.79 Å². The summed E-state index contributed by atoms with van der Waals surface area (Å²) < 4.78 is 29.4. The predicted octanol–water partition coefficient (Wildman–Crippen LogP) is 4.96. The van der Waals surface area contributed by atoms with E-state index in [1.165, 1.54) is 38.5 Å². The standard InChI is InChI=1S/C24H19FO5/c1-28-17-11-12-20(23(15-17)29-2)22(26)13-10-16-6-5-7-18(14-16)30-24(27)19-8-3-4-9-21(19)25/h3-15H,1-2H3/b13-10+. The number of ether oxygens (including phenoxy) is 3. The van der Waals surface area contributed by atoms with Gasteiger partial charge in [0.05, 0.1) is 25.3 Å². The summed E-state index contributed by atoms with van der Waals surface area (Å²) in [5, 5.41) is 0. The molecule has 0 amide bonds. The first kappa shape index (κ1) is 20.8. The molecule has 0 saturated heterocycles. The Labute approximate surface area is 173 Å². The first-order valence-corrected chi connectivity index (χ1v) is 9.03. The second-order valence-electron chi connectivity index (χ2n) is 6.21. The van der Waals surface area contributed by atoms with Crippen molar-refractivity contribution in [3.63, 3.8) is 0 Å². The fraction of sp³-hybridized carbons (Fsp3) is 0.0833. The van der Waals surface area contributed by atoms with Gasteiger partial charge >= 0.3 is 5.97 Å². The Morgan fingerprint density at radius 1 is 0.833 bits per heavy atom. The number of allylic oxidation sites excluding steroid dienone is 1. The van der Waals surface area contributed by atoms with Gasteiger partial charge in [-0.15, -0.1) is 0 Å². The summed E-state index contributed by atoms with van der Waals surface area (Å²) >= 11 is 0. The summed E-state index contributed by atoms with van der Waals surface area (Å²) in [6.45, 7) is 0. The lowest BCUT2D eigenvalue weighted by atomic mass is 10.1. The highest BCUT2D eigenvalue weighted by molar-refractivity contribution is 6.08. The third-order valence-corrected chi connectivity index (χ3v) is 4.26. The van der Waals surface area contributed by atoms with E-state index in [2.05, 4.69) is 0 Å². The lowest BCUT2D eigenvalue weighted by Crippen LogP contribution is -2.10. The van der Waals surface area contributed by atoms with Crippen LogP contribution < -0.4 is 14.2 Å². The molecule has 152 valence electrons. The number of carbonyl (C=O) groups excluding carboxylic acids is 2. The van der Waals surface area contributed by atoms with E-state index >= 15 is 0 Å². The van der Waals surface area contributed by atoms with Crippen LogP contribution in [0.2, 0.25) is 0 Å². The van der Waals surface area contributed by atoms with Gasteiger partial charge in [-0.25, -0.2) is 9.18 Å². The second kappa shape index (κ2) is 9.52. The zero-order valence-corrected chi connectivity index (χ0v) is 16.4. The number of esters is 1. The molecule has 0 atom stereocenters. The second-order valence-corrected chi connectivity index (χ2v) is 6.21. The molecule has 0 bridgehead atoms. The molecule has 0 saturated carbocycles. The van der Waals surface area contributed by atoms with E-state index in [-0.39, 0.29) is 17.1 Å². The maximum atomic E-state index is 13.7. The van der Waals surface area contributed by atoms with Crippen molar-refractivity contribution in [2.24, 2.45) is 0 Å². The molecule has 0 heterocycles. The average molecular weight is 406 g/mol. The Bertz CT molecular complexity index is 1100. The molecule has 0 aliphatic carbocycles. The fourth-order valence-electron chi connectivity index (χ4n) is 2.73. The number of rotatable bonds is 7. The maximum absolute atomic E-state index is 13.7. The van der Waals surface area contributed by atoms with E-state index in [0.717, 1.165) is 0 Å². The highest BCUT2D eigenvalue weighted by Gasteiger charge is 2.14. The number of benzene rings is 3. The van der Waals surface area contributed by atoms with Crippen LogP contribution in [0, 0.1) is 5.82 Å². The van der Waals surface area contributed by atoms with Crippen molar-refractivity contribution < 1.29 is 28.2 Å². The van der Waals surface area contributed by atoms with Crippen LogP contribution in [-0.4, -0.2) is 26.0 Å².